The van der Waals surface area contributed by atoms with Gasteiger partial charge in [-0.15, -0.1) is 0 Å². The Morgan fingerprint density at radius 1 is 1.00 bits per heavy atom. The van der Waals surface area contributed by atoms with Gasteiger partial charge in [0.2, 0.25) is 0 Å². The number of nitrogens with one attached hydrogen (secondary N) is 2. The van der Waals surface area contributed by atoms with E-state index in [1.807, 2.05) is 72.8 Å². The Kier molecular flexibility index (Phi) is 6.29. The highest BCUT2D eigenvalue weighted by atomic mass is 79.9. The molecule has 7 nitrogen and oxygen atoms in total. The number of allylic oxidation sites excluding steroid dienone is 1. The molecule has 2 heterocycles. The van der Waals surface area contributed by atoms with Gasteiger partial charge in [0.05, 0.1) is 20.4 Å². The van der Waals surface area contributed by atoms with Crippen molar-refractivity contribution in [1.82, 2.24) is 9.78 Å². The topological polar surface area (TPSA) is 77.4 Å². The van der Waals surface area contributed by atoms with Crippen molar-refractivity contribution in [3.05, 3.63) is 106 Å². The molecule has 4 aromatic rings. The van der Waals surface area contributed by atoms with E-state index in [2.05, 4.69) is 37.7 Å². The lowest BCUT2D eigenvalue weighted by Crippen LogP contribution is -2.22. The van der Waals surface area contributed by atoms with Gasteiger partial charge >= 0.3 is 0 Å². The van der Waals surface area contributed by atoms with Gasteiger partial charge in [0, 0.05) is 21.4 Å². The molecule has 1 amide bonds. The predicted octanol–water partition coefficient (Wildman–Crippen LogP) is 5.97. The number of para-hydroxylation sites is 2. The standard InChI is InChI=1S/C27H23BrN4O3/c1-34-24-10-6-9-20(25(24)35-2)23-15-22(17-11-13-18(28)14-12-17)31-26-21(16-29-32(23)26)27(33)30-19-7-4-3-5-8-19/h3-16,23,31H,1-2H3,(H,30,33). The van der Waals surface area contributed by atoms with Gasteiger partial charge in [-0.1, -0.05) is 58.4 Å². The summed E-state index contributed by atoms with van der Waals surface area (Å²) in [5.74, 6) is 1.58. The maximum atomic E-state index is 13.2. The first-order valence-corrected chi connectivity index (χ1v) is 11.8. The van der Waals surface area contributed by atoms with Gasteiger partial charge < -0.3 is 20.1 Å². The fourth-order valence-electron chi connectivity index (χ4n) is 4.15. The summed E-state index contributed by atoms with van der Waals surface area (Å²) in [6.45, 7) is 0. The minimum absolute atomic E-state index is 0.252. The van der Waals surface area contributed by atoms with Crippen molar-refractivity contribution < 1.29 is 14.3 Å². The van der Waals surface area contributed by atoms with E-state index in [1.54, 1.807) is 25.1 Å². The normalized spacial score (nSPS) is 14.4. The quantitative estimate of drug-likeness (QED) is 0.321. The third-order valence-corrected chi connectivity index (χ3v) is 6.35. The molecule has 1 unspecified atom stereocenters. The molecule has 3 aromatic carbocycles. The number of aromatic nitrogens is 2. The summed E-state index contributed by atoms with van der Waals surface area (Å²) in [5.41, 5.74) is 3.84. The molecule has 0 saturated carbocycles. The van der Waals surface area contributed by atoms with Crippen LogP contribution in [-0.4, -0.2) is 29.9 Å². The minimum Gasteiger partial charge on any atom is -0.493 e. The zero-order valence-electron chi connectivity index (χ0n) is 19.2. The summed E-state index contributed by atoms with van der Waals surface area (Å²) < 4.78 is 14.0. The van der Waals surface area contributed by atoms with Gasteiger partial charge in [0.15, 0.2) is 11.5 Å². The van der Waals surface area contributed by atoms with E-state index >= 15 is 0 Å². The number of ether oxygens (including phenoxy) is 2. The molecule has 0 aliphatic carbocycles. The van der Waals surface area contributed by atoms with E-state index in [4.69, 9.17) is 9.47 Å². The van der Waals surface area contributed by atoms with Crippen molar-refractivity contribution >= 4 is 39.0 Å². The molecule has 1 aliphatic heterocycles. The Balaban J connectivity index is 1.62. The van der Waals surface area contributed by atoms with Crippen LogP contribution in [0.1, 0.15) is 27.5 Å². The molecule has 1 atom stereocenters. The number of carbonyl (C=O) groups is 1. The molecular formula is C27H23BrN4O3. The Bertz CT molecular complexity index is 1400. The first kappa shape index (κ1) is 22.7. The smallest absolute Gasteiger partial charge is 0.261 e. The monoisotopic (exact) mass is 530 g/mol. The van der Waals surface area contributed by atoms with E-state index in [0.717, 1.165) is 21.3 Å². The second-order valence-electron chi connectivity index (χ2n) is 7.91. The number of halogens is 1. The number of methoxy groups -OCH3 is 2. The van der Waals surface area contributed by atoms with E-state index in [0.29, 0.717) is 28.6 Å². The molecule has 8 heteroatoms. The molecule has 1 aliphatic rings. The van der Waals surface area contributed by atoms with Crippen LogP contribution in [-0.2, 0) is 0 Å². The maximum Gasteiger partial charge on any atom is 0.261 e. The Morgan fingerprint density at radius 3 is 2.49 bits per heavy atom. The minimum atomic E-state index is -0.340. The maximum absolute atomic E-state index is 13.2. The van der Waals surface area contributed by atoms with Crippen molar-refractivity contribution in [3.63, 3.8) is 0 Å². The lowest BCUT2D eigenvalue weighted by atomic mass is 9.99. The van der Waals surface area contributed by atoms with Gasteiger partial charge in [0.1, 0.15) is 17.4 Å². The van der Waals surface area contributed by atoms with Crippen LogP contribution in [0.3, 0.4) is 0 Å². The predicted molar refractivity (Wildman–Crippen MR) is 140 cm³/mol. The van der Waals surface area contributed by atoms with Crippen LogP contribution in [0, 0.1) is 0 Å². The summed E-state index contributed by atoms with van der Waals surface area (Å²) in [6.07, 6.45) is 3.65. The molecule has 5 rings (SSSR count). The van der Waals surface area contributed by atoms with Gasteiger partial charge in [-0.25, -0.2) is 4.68 Å². The molecule has 0 spiro atoms. The number of benzene rings is 3. The largest absolute Gasteiger partial charge is 0.493 e. The molecule has 0 saturated heterocycles. The summed E-state index contributed by atoms with van der Waals surface area (Å²) >= 11 is 3.50. The molecule has 2 N–H and O–H groups in total. The lowest BCUT2D eigenvalue weighted by Gasteiger charge is -2.27. The molecule has 0 radical (unpaired) electrons. The fraction of sp³-hybridized carbons (Fsp3) is 0.111. The van der Waals surface area contributed by atoms with E-state index in [-0.39, 0.29) is 11.9 Å². The van der Waals surface area contributed by atoms with Crippen LogP contribution in [0.25, 0.3) is 5.70 Å². The number of rotatable bonds is 6. The van der Waals surface area contributed by atoms with Crippen LogP contribution in [0.15, 0.2) is 89.5 Å². The Labute approximate surface area is 211 Å². The molecule has 0 bridgehead atoms. The number of hydrogen-bond acceptors (Lipinski definition) is 5. The number of anilines is 2. The number of nitrogens with zero attached hydrogens (tertiary/aromatic N) is 2. The highest BCUT2D eigenvalue weighted by molar-refractivity contribution is 9.10. The molecule has 35 heavy (non-hydrogen) atoms. The Hall–Kier alpha value is -4.04. The van der Waals surface area contributed by atoms with Crippen LogP contribution in [0.5, 0.6) is 11.5 Å². The van der Waals surface area contributed by atoms with Crippen molar-refractivity contribution in [2.45, 2.75) is 6.04 Å². The Morgan fingerprint density at radius 2 is 1.77 bits per heavy atom. The number of carbonyl (C=O) groups excluding carboxylic acids is 1. The zero-order valence-corrected chi connectivity index (χ0v) is 20.7. The SMILES string of the molecule is COc1cccc(C2C=C(c3ccc(Br)cc3)Nc3c(C(=O)Nc4ccccc4)cnn32)c1OC. The van der Waals surface area contributed by atoms with Gasteiger partial charge in [0.25, 0.3) is 5.91 Å². The first-order chi connectivity index (χ1) is 17.1. The molecule has 1 aromatic heterocycles. The second kappa shape index (κ2) is 9.68. The van der Waals surface area contributed by atoms with Crippen LogP contribution in [0.4, 0.5) is 11.5 Å². The van der Waals surface area contributed by atoms with Crippen LogP contribution < -0.4 is 20.1 Å². The molecule has 0 fully saturated rings. The lowest BCUT2D eigenvalue weighted by molar-refractivity contribution is 0.102. The number of amides is 1. The van der Waals surface area contributed by atoms with Crippen molar-refractivity contribution in [3.8, 4) is 11.5 Å². The highest BCUT2D eigenvalue weighted by Crippen LogP contribution is 2.41. The molecular weight excluding hydrogens is 508 g/mol. The second-order valence-corrected chi connectivity index (χ2v) is 8.83. The zero-order chi connectivity index (χ0) is 24.4. The van der Waals surface area contributed by atoms with Crippen LogP contribution in [0.2, 0.25) is 0 Å². The summed E-state index contributed by atoms with van der Waals surface area (Å²) in [7, 11) is 3.23. The third kappa shape index (κ3) is 4.40. The van der Waals surface area contributed by atoms with Crippen LogP contribution >= 0.6 is 15.9 Å². The van der Waals surface area contributed by atoms with Gasteiger partial charge in [-0.3, -0.25) is 4.79 Å². The summed E-state index contributed by atoms with van der Waals surface area (Å²) in [4.78, 5) is 13.2. The van der Waals surface area contributed by atoms with Crippen molar-refractivity contribution in [2.24, 2.45) is 0 Å². The first-order valence-electron chi connectivity index (χ1n) is 11.0. The highest BCUT2D eigenvalue weighted by Gasteiger charge is 2.30. The van der Waals surface area contributed by atoms with E-state index in [9.17, 15) is 4.79 Å². The van der Waals surface area contributed by atoms with Gasteiger partial charge in [-0.05, 0) is 42.0 Å². The fourth-order valence-corrected chi connectivity index (χ4v) is 4.41. The summed E-state index contributed by atoms with van der Waals surface area (Å²) in [6, 6.07) is 22.7. The van der Waals surface area contributed by atoms with Crippen molar-refractivity contribution in [1.29, 1.82) is 0 Å². The average molecular weight is 531 g/mol. The number of fused-ring (bicyclic) bond motifs is 1. The average Bonchev–Trinajstić information content (AvgIpc) is 3.33. The summed E-state index contributed by atoms with van der Waals surface area (Å²) in [5, 5.41) is 11.0. The van der Waals surface area contributed by atoms with Gasteiger partial charge in [-0.2, -0.15) is 5.10 Å². The van der Waals surface area contributed by atoms with Crippen molar-refractivity contribution in [2.75, 3.05) is 24.9 Å². The third-order valence-electron chi connectivity index (χ3n) is 5.82. The van der Waals surface area contributed by atoms with E-state index in [1.165, 1.54) is 0 Å². The number of hydrogen-bond donors (Lipinski definition) is 2. The molecule has 176 valence electrons. The van der Waals surface area contributed by atoms with E-state index < -0.39 is 0 Å².